The minimum atomic E-state index is 0.0683. The minimum Gasteiger partial charge on any atom is -0.201 e. The Morgan fingerprint density at radius 2 is 1.54 bits per heavy atom. The summed E-state index contributed by atoms with van der Waals surface area (Å²) < 4.78 is 2.20. The fourth-order valence-electron chi connectivity index (χ4n) is 4.08. The van der Waals surface area contributed by atoms with Crippen LogP contribution in [-0.2, 0) is 12.5 Å². The number of benzene rings is 2. The lowest BCUT2D eigenvalue weighted by Crippen LogP contribution is -2.30. The van der Waals surface area contributed by atoms with Gasteiger partial charge < -0.3 is 0 Å². The third-order valence-electron chi connectivity index (χ3n) is 5.51. The van der Waals surface area contributed by atoms with E-state index < -0.39 is 0 Å². The molecule has 1 aromatic heterocycles. The van der Waals surface area contributed by atoms with Gasteiger partial charge in [0, 0.05) is 23.1 Å². The van der Waals surface area contributed by atoms with Gasteiger partial charge in [-0.2, -0.15) is 0 Å². The van der Waals surface area contributed by atoms with Gasteiger partial charge in [0.15, 0.2) is 6.20 Å². The van der Waals surface area contributed by atoms with Crippen LogP contribution in [0.4, 0.5) is 0 Å². The van der Waals surface area contributed by atoms with Gasteiger partial charge in [0.25, 0.3) is 0 Å². The molecule has 1 nitrogen and oxygen atoms in total. The normalized spacial score (nSPS) is 14.4. The molecule has 0 unspecified atom stereocenters. The van der Waals surface area contributed by atoms with Crippen LogP contribution in [0.1, 0.15) is 36.1 Å². The van der Waals surface area contributed by atoms with Gasteiger partial charge in [-0.25, -0.2) is 4.57 Å². The second-order valence-electron chi connectivity index (χ2n) is 7.58. The molecule has 0 saturated carbocycles. The Hall–Kier alpha value is -2.41. The molecule has 0 atom stereocenters. The second-order valence-corrected chi connectivity index (χ2v) is 7.58. The summed E-state index contributed by atoms with van der Waals surface area (Å²) >= 11 is 0. The summed E-state index contributed by atoms with van der Waals surface area (Å²) in [6, 6.07) is 18.1. The van der Waals surface area contributed by atoms with Crippen molar-refractivity contribution in [3.05, 3.63) is 77.0 Å². The molecule has 2 aromatic carbocycles. The van der Waals surface area contributed by atoms with E-state index in [1.54, 1.807) is 0 Å². The first kappa shape index (κ1) is 15.1. The molecular formula is C23H24N+. The van der Waals surface area contributed by atoms with E-state index in [4.69, 9.17) is 0 Å². The highest BCUT2D eigenvalue weighted by atomic mass is 14.9. The van der Waals surface area contributed by atoms with Gasteiger partial charge in [-0.15, -0.1) is 0 Å². The van der Waals surface area contributed by atoms with E-state index in [-0.39, 0.29) is 5.41 Å². The van der Waals surface area contributed by atoms with E-state index in [2.05, 4.69) is 94.0 Å². The molecule has 120 valence electrons. The van der Waals surface area contributed by atoms with Crippen LogP contribution in [0.25, 0.3) is 22.4 Å². The summed E-state index contributed by atoms with van der Waals surface area (Å²) in [4.78, 5) is 0. The fourth-order valence-corrected chi connectivity index (χ4v) is 4.08. The minimum absolute atomic E-state index is 0.0683. The molecule has 0 amide bonds. The molecule has 0 fully saturated rings. The van der Waals surface area contributed by atoms with Crippen LogP contribution in [0.15, 0.2) is 54.7 Å². The lowest BCUT2D eigenvalue weighted by molar-refractivity contribution is -0.660. The van der Waals surface area contributed by atoms with E-state index in [1.165, 1.54) is 44.6 Å². The summed E-state index contributed by atoms with van der Waals surface area (Å²) in [5.41, 5.74) is 11.0. The molecule has 0 spiro atoms. The molecule has 0 radical (unpaired) electrons. The first-order chi connectivity index (χ1) is 11.4. The molecule has 0 bridgehead atoms. The Balaban J connectivity index is 2.02. The molecule has 1 aliphatic carbocycles. The number of aryl methyl sites for hydroxylation is 3. The van der Waals surface area contributed by atoms with Crippen molar-refractivity contribution in [2.45, 2.75) is 33.1 Å². The number of hydrogen-bond donors (Lipinski definition) is 0. The van der Waals surface area contributed by atoms with Gasteiger partial charge in [0.05, 0.1) is 0 Å². The van der Waals surface area contributed by atoms with Crippen molar-refractivity contribution in [1.82, 2.24) is 0 Å². The van der Waals surface area contributed by atoms with E-state index in [9.17, 15) is 0 Å². The topological polar surface area (TPSA) is 3.88 Å². The van der Waals surface area contributed by atoms with Gasteiger partial charge in [-0.05, 0) is 53.8 Å². The van der Waals surface area contributed by atoms with Crippen LogP contribution < -0.4 is 4.57 Å². The average Bonchev–Trinajstić information content (AvgIpc) is 2.75. The number of aromatic nitrogens is 1. The summed E-state index contributed by atoms with van der Waals surface area (Å²) in [5, 5.41) is 0. The second kappa shape index (κ2) is 5.04. The maximum atomic E-state index is 2.40. The quantitative estimate of drug-likeness (QED) is 0.550. The van der Waals surface area contributed by atoms with Gasteiger partial charge in [-0.3, -0.25) is 0 Å². The summed E-state index contributed by atoms with van der Waals surface area (Å²) in [6.45, 7) is 9.10. The zero-order chi connectivity index (χ0) is 17.1. The molecule has 1 heteroatoms. The Kier molecular flexibility index (Phi) is 3.18. The summed E-state index contributed by atoms with van der Waals surface area (Å²) in [5.74, 6) is 0. The largest absolute Gasteiger partial charge is 0.212 e. The van der Waals surface area contributed by atoms with E-state index >= 15 is 0 Å². The van der Waals surface area contributed by atoms with E-state index in [0.717, 1.165) is 0 Å². The predicted molar refractivity (Wildman–Crippen MR) is 100 cm³/mol. The zero-order valence-electron chi connectivity index (χ0n) is 15.1. The number of pyridine rings is 1. The molecule has 3 aromatic rings. The van der Waals surface area contributed by atoms with E-state index in [1.807, 2.05) is 0 Å². The van der Waals surface area contributed by atoms with E-state index in [0.29, 0.717) is 0 Å². The molecule has 24 heavy (non-hydrogen) atoms. The Morgan fingerprint density at radius 3 is 2.29 bits per heavy atom. The van der Waals surface area contributed by atoms with Gasteiger partial charge in [-0.1, -0.05) is 43.7 Å². The Bertz CT molecular complexity index is 964. The highest BCUT2D eigenvalue weighted by Gasteiger charge is 2.36. The number of nitrogens with zero attached hydrogens (tertiary/aromatic N) is 1. The van der Waals surface area contributed by atoms with Crippen LogP contribution >= 0.6 is 0 Å². The first-order valence-corrected chi connectivity index (χ1v) is 8.61. The molecule has 1 aliphatic rings. The SMILES string of the molecule is Cc1ccc2c(c1)C(C)(C)c1cc(C)c(-c3cccc[n+]3C)cc1-2. The van der Waals surface area contributed by atoms with Gasteiger partial charge in [0.2, 0.25) is 5.69 Å². The maximum Gasteiger partial charge on any atom is 0.212 e. The lowest BCUT2D eigenvalue weighted by Gasteiger charge is -2.22. The standard InChI is InChI=1S/C23H24N/c1-15-9-10-17-19-14-18(22-8-6-7-11-24(22)5)16(2)13-21(19)23(3,4)20(17)12-15/h6-14H,1-5H3/q+1. The van der Waals surface area contributed by atoms with Crippen molar-refractivity contribution in [3.63, 3.8) is 0 Å². The molecule has 0 N–H and O–H groups in total. The number of rotatable bonds is 1. The first-order valence-electron chi connectivity index (χ1n) is 8.61. The van der Waals surface area contributed by atoms with Crippen LogP contribution in [0.2, 0.25) is 0 Å². The van der Waals surface area contributed by atoms with Crippen LogP contribution in [-0.4, -0.2) is 0 Å². The highest BCUT2D eigenvalue weighted by molar-refractivity contribution is 5.85. The van der Waals surface area contributed by atoms with Crippen molar-refractivity contribution in [2.75, 3.05) is 0 Å². The molecule has 0 aliphatic heterocycles. The molecule has 0 saturated heterocycles. The number of hydrogen-bond acceptors (Lipinski definition) is 0. The van der Waals surface area contributed by atoms with Crippen molar-refractivity contribution in [1.29, 1.82) is 0 Å². The van der Waals surface area contributed by atoms with Gasteiger partial charge >= 0.3 is 0 Å². The number of fused-ring (bicyclic) bond motifs is 3. The highest BCUT2D eigenvalue weighted by Crippen LogP contribution is 2.50. The third kappa shape index (κ3) is 2.04. The van der Waals surface area contributed by atoms with Crippen LogP contribution in [0, 0.1) is 13.8 Å². The molecular weight excluding hydrogens is 290 g/mol. The average molecular weight is 314 g/mol. The molecule has 1 heterocycles. The fraction of sp³-hybridized carbons (Fsp3) is 0.261. The third-order valence-corrected chi connectivity index (χ3v) is 5.51. The Morgan fingerprint density at radius 1 is 0.792 bits per heavy atom. The lowest BCUT2D eigenvalue weighted by atomic mass is 9.81. The van der Waals surface area contributed by atoms with Crippen molar-refractivity contribution >= 4 is 0 Å². The monoisotopic (exact) mass is 314 g/mol. The molecule has 4 rings (SSSR count). The van der Waals surface area contributed by atoms with Crippen molar-refractivity contribution < 1.29 is 4.57 Å². The van der Waals surface area contributed by atoms with Crippen molar-refractivity contribution in [3.8, 4) is 22.4 Å². The van der Waals surface area contributed by atoms with Gasteiger partial charge in [0.1, 0.15) is 7.05 Å². The van der Waals surface area contributed by atoms with Crippen LogP contribution in [0.3, 0.4) is 0 Å². The zero-order valence-corrected chi connectivity index (χ0v) is 15.1. The predicted octanol–water partition coefficient (Wildman–Crippen LogP) is 5.10. The Labute approximate surface area is 144 Å². The van der Waals surface area contributed by atoms with Crippen molar-refractivity contribution in [2.24, 2.45) is 7.05 Å². The van der Waals surface area contributed by atoms with Crippen LogP contribution in [0.5, 0.6) is 0 Å². The summed E-state index contributed by atoms with van der Waals surface area (Å²) in [6.07, 6.45) is 2.11. The summed E-state index contributed by atoms with van der Waals surface area (Å²) in [7, 11) is 2.11. The maximum absolute atomic E-state index is 2.40. The smallest absolute Gasteiger partial charge is 0.201 e.